The van der Waals surface area contributed by atoms with Crippen LogP contribution in [-0.4, -0.2) is 38.3 Å². The number of thioether (sulfide) groups is 1. The fourth-order valence-electron chi connectivity index (χ4n) is 1.76. The molecule has 2 aromatic heterocycles. The molecule has 0 aliphatic carbocycles. The number of rotatable bonds is 7. The van der Waals surface area contributed by atoms with Crippen molar-refractivity contribution < 1.29 is 9.90 Å². The van der Waals surface area contributed by atoms with E-state index in [4.69, 9.17) is 0 Å². The van der Waals surface area contributed by atoms with Gasteiger partial charge in [0.1, 0.15) is 22.9 Å². The standard InChI is InChI=1S/C12H16N4O2S2/c1-3-4-5-7(11(17)18)15-9-8-10(14-6-13-9)16-12(19-2)20-8/h6-7H,3-5H2,1-2H3,(H,17,18)(H,13,14,15)/t7-/m0/s1. The Kier molecular flexibility index (Phi) is 5.13. The van der Waals surface area contributed by atoms with Gasteiger partial charge >= 0.3 is 5.97 Å². The number of carbonyl (C=O) groups is 1. The lowest BCUT2D eigenvalue weighted by Gasteiger charge is -2.14. The van der Waals surface area contributed by atoms with E-state index < -0.39 is 12.0 Å². The Bertz CT molecular complexity index is 602. The molecule has 6 nitrogen and oxygen atoms in total. The van der Waals surface area contributed by atoms with Gasteiger partial charge in [0.15, 0.2) is 9.99 Å². The summed E-state index contributed by atoms with van der Waals surface area (Å²) in [7, 11) is 0. The largest absolute Gasteiger partial charge is 0.480 e. The maximum absolute atomic E-state index is 11.3. The lowest BCUT2D eigenvalue weighted by molar-refractivity contribution is -0.138. The minimum atomic E-state index is -0.861. The lowest BCUT2D eigenvalue weighted by Crippen LogP contribution is -2.29. The molecule has 2 heterocycles. The quantitative estimate of drug-likeness (QED) is 0.760. The summed E-state index contributed by atoms with van der Waals surface area (Å²) < 4.78 is 1.70. The zero-order valence-corrected chi connectivity index (χ0v) is 12.9. The van der Waals surface area contributed by atoms with Crippen molar-refractivity contribution in [1.82, 2.24) is 15.0 Å². The highest BCUT2D eigenvalue weighted by molar-refractivity contribution is 8.00. The number of thiazole rings is 1. The van der Waals surface area contributed by atoms with Gasteiger partial charge in [-0.3, -0.25) is 0 Å². The molecule has 0 spiro atoms. The monoisotopic (exact) mass is 312 g/mol. The first-order valence-corrected chi connectivity index (χ1v) is 8.34. The Morgan fingerprint density at radius 1 is 1.55 bits per heavy atom. The third-order valence-electron chi connectivity index (χ3n) is 2.80. The van der Waals surface area contributed by atoms with E-state index in [0.717, 1.165) is 21.9 Å². The zero-order chi connectivity index (χ0) is 14.5. The smallest absolute Gasteiger partial charge is 0.326 e. The van der Waals surface area contributed by atoms with E-state index in [0.29, 0.717) is 17.9 Å². The molecule has 0 radical (unpaired) electrons. The predicted octanol–water partition coefficient (Wildman–Crippen LogP) is 2.86. The van der Waals surface area contributed by atoms with Crippen molar-refractivity contribution >= 4 is 45.2 Å². The van der Waals surface area contributed by atoms with Crippen molar-refractivity contribution in [2.24, 2.45) is 0 Å². The molecule has 1 atom stereocenters. The number of carboxylic acids is 1. The fourth-order valence-corrected chi connectivity index (χ4v) is 3.22. The average Bonchev–Trinajstić information content (AvgIpc) is 2.87. The van der Waals surface area contributed by atoms with Gasteiger partial charge in [0.05, 0.1) is 0 Å². The average molecular weight is 312 g/mol. The third-order valence-corrected chi connectivity index (χ3v) is 4.84. The second kappa shape index (κ2) is 6.85. The first-order chi connectivity index (χ1) is 9.65. The minimum Gasteiger partial charge on any atom is -0.480 e. The van der Waals surface area contributed by atoms with E-state index in [1.165, 1.54) is 29.4 Å². The summed E-state index contributed by atoms with van der Waals surface area (Å²) in [6.45, 7) is 2.04. The molecule has 0 saturated heterocycles. The first kappa shape index (κ1) is 15.0. The first-order valence-electron chi connectivity index (χ1n) is 6.30. The van der Waals surface area contributed by atoms with Crippen LogP contribution in [-0.2, 0) is 4.79 Å². The van der Waals surface area contributed by atoms with Crippen LogP contribution in [0.5, 0.6) is 0 Å². The summed E-state index contributed by atoms with van der Waals surface area (Å²) >= 11 is 3.01. The van der Waals surface area contributed by atoms with Gasteiger partial charge in [-0.2, -0.15) is 0 Å². The van der Waals surface area contributed by atoms with E-state index in [1.807, 2.05) is 13.2 Å². The molecule has 2 N–H and O–H groups in total. The van der Waals surface area contributed by atoms with Crippen LogP contribution in [0.4, 0.5) is 5.82 Å². The third kappa shape index (κ3) is 3.37. The molecule has 8 heteroatoms. The Morgan fingerprint density at radius 2 is 2.35 bits per heavy atom. The molecule has 108 valence electrons. The van der Waals surface area contributed by atoms with Crippen molar-refractivity contribution in [2.75, 3.05) is 11.6 Å². The van der Waals surface area contributed by atoms with Gasteiger partial charge in [0, 0.05) is 0 Å². The van der Waals surface area contributed by atoms with E-state index in [-0.39, 0.29) is 0 Å². The Hall–Kier alpha value is -1.41. The fraction of sp³-hybridized carbons (Fsp3) is 0.500. The SMILES string of the molecule is CCCC[C@H](Nc1ncnc2nc(SC)sc12)C(=O)O. The zero-order valence-electron chi connectivity index (χ0n) is 11.3. The number of nitrogens with one attached hydrogen (secondary N) is 1. The second-order valence-electron chi connectivity index (χ2n) is 4.24. The lowest BCUT2D eigenvalue weighted by atomic mass is 10.1. The number of carboxylic acid groups (broad SMARTS) is 1. The molecule has 0 aliphatic rings. The van der Waals surface area contributed by atoms with Gasteiger partial charge in [0.25, 0.3) is 0 Å². The molecule has 0 saturated carbocycles. The van der Waals surface area contributed by atoms with Crippen molar-refractivity contribution in [2.45, 2.75) is 36.6 Å². The van der Waals surface area contributed by atoms with Gasteiger partial charge in [0.2, 0.25) is 0 Å². The number of hydrogen-bond acceptors (Lipinski definition) is 7. The molecule has 0 aromatic carbocycles. The Balaban J connectivity index is 2.26. The Labute approximate surface area is 125 Å². The summed E-state index contributed by atoms with van der Waals surface area (Å²) in [6, 6.07) is -0.632. The van der Waals surface area contributed by atoms with Crippen LogP contribution in [0.3, 0.4) is 0 Å². The molecule has 0 unspecified atom stereocenters. The molecule has 20 heavy (non-hydrogen) atoms. The van der Waals surface area contributed by atoms with Crippen LogP contribution in [0.1, 0.15) is 26.2 Å². The number of fused-ring (bicyclic) bond motifs is 1. The van der Waals surface area contributed by atoms with Crippen LogP contribution >= 0.6 is 23.1 Å². The summed E-state index contributed by atoms with van der Waals surface area (Å²) in [5.74, 6) is -0.309. The van der Waals surface area contributed by atoms with Crippen LogP contribution in [0.15, 0.2) is 10.7 Å². The van der Waals surface area contributed by atoms with Crippen molar-refractivity contribution in [3.8, 4) is 0 Å². The van der Waals surface area contributed by atoms with Gasteiger partial charge < -0.3 is 10.4 Å². The summed E-state index contributed by atoms with van der Waals surface area (Å²) in [5, 5.41) is 12.3. The number of hydrogen-bond donors (Lipinski definition) is 2. The number of nitrogens with zero attached hydrogens (tertiary/aromatic N) is 3. The molecule has 0 amide bonds. The van der Waals surface area contributed by atoms with Crippen molar-refractivity contribution in [3.63, 3.8) is 0 Å². The highest BCUT2D eigenvalue weighted by atomic mass is 32.2. The minimum absolute atomic E-state index is 0.552. The van der Waals surface area contributed by atoms with E-state index in [2.05, 4.69) is 20.3 Å². The maximum atomic E-state index is 11.3. The maximum Gasteiger partial charge on any atom is 0.326 e. The van der Waals surface area contributed by atoms with Crippen molar-refractivity contribution in [3.05, 3.63) is 6.33 Å². The molecule has 2 rings (SSSR count). The number of aliphatic carboxylic acids is 1. The molecule has 2 aromatic rings. The molecule has 0 aliphatic heterocycles. The second-order valence-corrected chi connectivity index (χ2v) is 6.29. The number of anilines is 1. The predicted molar refractivity (Wildman–Crippen MR) is 81.6 cm³/mol. The normalized spacial score (nSPS) is 12.5. The Morgan fingerprint density at radius 3 is 3.00 bits per heavy atom. The van der Waals surface area contributed by atoms with E-state index >= 15 is 0 Å². The summed E-state index contributed by atoms with van der Waals surface area (Å²) in [6.07, 6.45) is 5.75. The number of unbranched alkanes of at least 4 members (excludes halogenated alkanes) is 1. The van der Waals surface area contributed by atoms with Crippen LogP contribution in [0, 0.1) is 0 Å². The molecule has 0 fully saturated rings. The van der Waals surface area contributed by atoms with E-state index in [9.17, 15) is 9.90 Å². The van der Waals surface area contributed by atoms with Gasteiger partial charge in [-0.25, -0.2) is 19.7 Å². The summed E-state index contributed by atoms with van der Waals surface area (Å²) in [5.41, 5.74) is 0.608. The van der Waals surface area contributed by atoms with Gasteiger partial charge in [-0.05, 0) is 12.7 Å². The van der Waals surface area contributed by atoms with Crippen LogP contribution < -0.4 is 5.32 Å². The molecule has 0 bridgehead atoms. The highest BCUT2D eigenvalue weighted by Crippen LogP contribution is 2.31. The van der Waals surface area contributed by atoms with E-state index in [1.54, 1.807) is 0 Å². The highest BCUT2D eigenvalue weighted by Gasteiger charge is 2.19. The molecular weight excluding hydrogens is 296 g/mol. The van der Waals surface area contributed by atoms with Crippen LogP contribution in [0.2, 0.25) is 0 Å². The number of aromatic nitrogens is 3. The van der Waals surface area contributed by atoms with Gasteiger partial charge in [-0.15, -0.1) is 11.3 Å². The van der Waals surface area contributed by atoms with Gasteiger partial charge in [-0.1, -0.05) is 31.5 Å². The molecular formula is C12H16N4O2S2. The topological polar surface area (TPSA) is 88.0 Å². The van der Waals surface area contributed by atoms with Crippen molar-refractivity contribution in [1.29, 1.82) is 0 Å². The van der Waals surface area contributed by atoms with Crippen LogP contribution in [0.25, 0.3) is 10.3 Å². The summed E-state index contributed by atoms with van der Waals surface area (Å²) in [4.78, 5) is 23.9.